The largest absolute Gasteiger partial charge is 0.379 e. The summed E-state index contributed by atoms with van der Waals surface area (Å²) in [6.45, 7) is 5.54. The topological polar surface area (TPSA) is 44.8 Å². The summed E-state index contributed by atoms with van der Waals surface area (Å²) in [6, 6.07) is 21.6. The van der Waals surface area contributed by atoms with E-state index < -0.39 is 0 Å². The van der Waals surface area contributed by atoms with E-state index in [1.807, 2.05) is 59.5 Å². The highest BCUT2D eigenvalue weighted by Gasteiger charge is 2.18. The maximum Gasteiger partial charge on any atom is 0.322 e. The van der Waals surface area contributed by atoms with Crippen LogP contribution in [-0.4, -0.2) is 55.2 Å². The second-order valence-electron chi connectivity index (χ2n) is 7.78. The number of ether oxygens (including phenoxy) is 1. The monoisotopic (exact) mass is 437 g/mol. The second-order valence-corrected chi connectivity index (χ2v) is 8.18. The minimum Gasteiger partial charge on any atom is -0.379 e. The van der Waals surface area contributed by atoms with Crippen LogP contribution in [0.1, 0.15) is 12.0 Å². The van der Waals surface area contributed by atoms with Crippen LogP contribution in [0.25, 0.3) is 10.8 Å². The van der Waals surface area contributed by atoms with Crippen LogP contribution in [0.5, 0.6) is 0 Å². The molecule has 0 bridgehead atoms. The van der Waals surface area contributed by atoms with Gasteiger partial charge >= 0.3 is 6.03 Å². The van der Waals surface area contributed by atoms with Crippen molar-refractivity contribution in [1.29, 1.82) is 0 Å². The number of morpholine rings is 1. The Balaban J connectivity index is 1.47. The summed E-state index contributed by atoms with van der Waals surface area (Å²) < 4.78 is 5.43. The first-order valence-electron chi connectivity index (χ1n) is 10.8. The van der Waals surface area contributed by atoms with Crippen LogP contribution in [0, 0.1) is 0 Å². The molecule has 0 aromatic heterocycles. The Labute approximate surface area is 188 Å². The number of urea groups is 1. The molecule has 2 amide bonds. The molecule has 0 spiro atoms. The predicted octanol–water partition coefficient (Wildman–Crippen LogP) is 5.25. The highest BCUT2D eigenvalue weighted by Crippen LogP contribution is 2.24. The van der Waals surface area contributed by atoms with Crippen LogP contribution in [-0.2, 0) is 11.3 Å². The van der Waals surface area contributed by atoms with Crippen LogP contribution in [0.15, 0.2) is 66.7 Å². The molecule has 5 nitrogen and oxygen atoms in total. The summed E-state index contributed by atoms with van der Waals surface area (Å²) in [5, 5.41) is 5.94. The molecule has 0 aliphatic carbocycles. The molecule has 1 heterocycles. The Hall–Kier alpha value is -2.60. The van der Waals surface area contributed by atoms with Gasteiger partial charge in [0.05, 0.1) is 18.9 Å². The van der Waals surface area contributed by atoms with E-state index in [9.17, 15) is 4.79 Å². The van der Waals surface area contributed by atoms with Crippen molar-refractivity contribution < 1.29 is 9.53 Å². The van der Waals surface area contributed by atoms with Gasteiger partial charge in [0, 0.05) is 43.1 Å². The molecule has 31 heavy (non-hydrogen) atoms. The Kier molecular flexibility index (Phi) is 7.41. The molecular weight excluding hydrogens is 410 g/mol. The van der Waals surface area contributed by atoms with E-state index in [0.717, 1.165) is 61.3 Å². The standard InChI is InChI=1S/C25H28ClN3O2/c26-23-11-4-2-8-21(23)19-29(14-6-13-28-15-17-31-18-16-28)25(30)27-24-12-5-9-20-7-1-3-10-22(20)24/h1-5,7-12H,6,13-19H2,(H,27,30). The average molecular weight is 438 g/mol. The molecule has 0 atom stereocenters. The number of nitrogens with one attached hydrogen (secondary N) is 1. The maximum absolute atomic E-state index is 13.3. The number of fused-ring (bicyclic) bond motifs is 1. The summed E-state index contributed by atoms with van der Waals surface area (Å²) in [7, 11) is 0. The molecule has 1 fully saturated rings. The molecule has 0 unspecified atom stereocenters. The van der Waals surface area contributed by atoms with Gasteiger partial charge in [-0.15, -0.1) is 0 Å². The Bertz CT molecular complexity index is 1020. The number of benzene rings is 3. The van der Waals surface area contributed by atoms with Crippen molar-refractivity contribution in [1.82, 2.24) is 9.80 Å². The predicted molar refractivity (Wildman–Crippen MR) is 127 cm³/mol. The quantitative estimate of drug-likeness (QED) is 0.549. The van der Waals surface area contributed by atoms with Gasteiger partial charge in [-0.2, -0.15) is 0 Å². The fourth-order valence-electron chi connectivity index (χ4n) is 3.92. The van der Waals surface area contributed by atoms with E-state index in [0.29, 0.717) is 18.1 Å². The highest BCUT2D eigenvalue weighted by atomic mass is 35.5. The number of hydrogen-bond acceptors (Lipinski definition) is 3. The number of halogens is 1. The minimum atomic E-state index is -0.113. The average Bonchev–Trinajstić information content (AvgIpc) is 2.80. The third-order valence-electron chi connectivity index (χ3n) is 5.64. The van der Waals surface area contributed by atoms with E-state index in [1.165, 1.54) is 0 Å². The SMILES string of the molecule is O=C(Nc1cccc2ccccc12)N(CCCN1CCOCC1)Cc1ccccc1Cl. The second kappa shape index (κ2) is 10.6. The molecule has 4 rings (SSSR count). The third kappa shape index (κ3) is 5.76. The molecule has 0 saturated carbocycles. The van der Waals surface area contributed by atoms with Crippen molar-refractivity contribution >= 4 is 34.1 Å². The van der Waals surface area contributed by atoms with Crippen LogP contribution in [0.3, 0.4) is 0 Å². The van der Waals surface area contributed by atoms with E-state index in [4.69, 9.17) is 16.3 Å². The number of nitrogens with zero attached hydrogens (tertiary/aromatic N) is 2. The number of amides is 2. The molecule has 0 radical (unpaired) electrons. The molecule has 6 heteroatoms. The van der Waals surface area contributed by atoms with Crippen molar-refractivity contribution in [3.63, 3.8) is 0 Å². The van der Waals surface area contributed by atoms with Gasteiger partial charge in [0.2, 0.25) is 0 Å². The fourth-order valence-corrected chi connectivity index (χ4v) is 4.12. The van der Waals surface area contributed by atoms with E-state index in [2.05, 4.69) is 22.3 Å². The lowest BCUT2D eigenvalue weighted by atomic mass is 10.1. The van der Waals surface area contributed by atoms with Crippen LogP contribution in [0.4, 0.5) is 10.5 Å². The van der Waals surface area contributed by atoms with Crippen LogP contribution < -0.4 is 5.32 Å². The van der Waals surface area contributed by atoms with Gasteiger partial charge in [0.25, 0.3) is 0 Å². The van der Waals surface area contributed by atoms with Gasteiger partial charge in [0.1, 0.15) is 0 Å². The van der Waals surface area contributed by atoms with E-state index in [-0.39, 0.29) is 6.03 Å². The Morgan fingerprint density at radius 2 is 1.74 bits per heavy atom. The van der Waals surface area contributed by atoms with Crippen LogP contribution >= 0.6 is 11.6 Å². The van der Waals surface area contributed by atoms with Crippen molar-refractivity contribution in [3.8, 4) is 0 Å². The molecule has 1 aliphatic heterocycles. The number of hydrogen-bond donors (Lipinski definition) is 1. The lowest BCUT2D eigenvalue weighted by Gasteiger charge is -2.28. The number of rotatable bonds is 7. The summed E-state index contributed by atoms with van der Waals surface area (Å²) in [5.41, 5.74) is 1.77. The van der Waals surface area contributed by atoms with Gasteiger partial charge in [0.15, 0.2) is 0 Å². The van der Waals surface area contributed by atoms with E-state index >= 15 is 0 Å². The van der Waals surface area contributed by atoms with E-state index in [1.54, 1.807) is 0 Å². The first-order valence-corrected chi connectivity index (χ1v) is 11.2. The molecule has 162 valence electrons. The first kappa shape index (κ1) is 21.6. The Morgan fingerprint density at radius 1 is 1.00 bits per heavy atom. The number of anilines is 1. The Morgan fingerprint density at radius 3 is 2.58 bits per heavy atom. The first-order chi connectivity index (χ1) is 15.2. The zero-order valence-electron chi connectivity index (χ0n) is 17.6. The number of carbonyl (C=O) groups excluding carboxylic acids is 1. The molecule has 3 aromatic carbocycles. The lowest BCUT2D eigenvalue weighted by Crippen LogP contribution is -2.40. The highest BCUT2D eigenvalue weighted by molar-refractivity contribution is 6.31. The fraction of sp³-hybridized carbons (Fsp3) is 0.320. The van der Waals surface area contributed by atoms with Gasteiger partial charge in [-0.3, -0.25) is 4.90 Å². The van der Waals surface area contributed by atoms with Gasteiger partial charge in [-0.05, 0) is 29.5 Å². The van der Waals surface area contributed by atoms with Crippen molar-refractivity contribution in [3.05, 3.63) is 77.3 Å². The smallest absolute Gasteiger partial charge is 0.322 e. The molecule has 1 N–H and O–H groups in total. The van der Waals surface area contributed by atoms with Gasteiger partial charge < -0.3 is 15.0 Å². The van der Waals surface area contributed by atoms with Crippen molar-refractivity contribution in [2.24, 2.45) is 0 Å². The molecule has 1 aliphatic rings. The summed E-state index contributed by atoms with van der Waals surface area (Å²) in [6.07, 6.45) is 0.896. The van der Waals surface area contributed by atoms with Gasteiger partial charge in [-0.25, -0.2) is 4.79 Å². The molecule has 1 saturated heterocycles. The van der Waals surface area contributed by atoms with Crippen molar-refractivity contribution in [2.75, 3.05) is 44.7 Å². The summed E-state index contributed by atoms with van der Waals surface area (Å²) >= 11 is 6.39. The lowest BCUT2D eigenvalue weighted by molar-refractivity contribution is 0.0365. The summed E-state index contributed by atoms with van der Waals surface area (Å²) in [4.78, 5) is 17.5. The molecular formula is C25H28ClN3O2. The third-order valence-corrected chi connectivity index (χ3v) is 6.01. The zero-order chi connectivity index (χ0) is 21.5. The van der Waals surface area contributed by atoms with Gasteiger partial charge in [-0.1, -0.05) is 66.2 Å². The van der Waals surface area contributed by atoms with Crippen molar-refractivity contribution in [2.45, 2.75) is 13.0 Å². The number of carbonyl (C=O) groups is 1. The molecule has 3 aromatic rings. The minimum absolute atomic E-state index is 0.113. The normalized spacial score (nSPS) is 14.5. The maximum atomic E-state index is 13.3. The van der Waals surface area contributed by atoms with Crippen LogP contribution in [0.2, 0.25) is 5.02 Å². The summed E-state index contributed by atoms with van der Waals surface area (Å²) in [5.74, 6) is 0. The zero-order valence-corrected chi connectivity index (χ0v) is 18.4.